The molecule has 0 radical (unpaired) electrons. The minimum Gasteiger partial charge on any atom is -0.466 e. The van der Waals surface area contributed by atoms with E-state index in [1.807, 2.05) is 0 Å². The Hall–Kier alpha value is -0.530. The highest BCUT2D eigenvalue weighted by atomic mass is 16.5. The SMILES string of the molecule is CCCCCCCCCCCCCCCCCOC(=O)CC(CCCCCCCCCCCC)CCCCCCCCCCCCC. The number of hydrogen-bond acceptors (Lipinski definition) is 2. The topological polar surface area (TPSA) is 26.3 Å². The van der Waals surface area contributed by atoms with E-state index in [1.165, 1.54) is 238 Å². The largest absolute Gasteiger partial charge is 0.466 e. The van der Waals surface area contributed by atoms with E-state index in [-0.39, 0.29) is 5.97 Å². The maximum atomic E-state index is 12.8. The first kappa shape index (κ1) is 46.5. The van der Waals surface area contributed by atoms with Gasteiger partial charge in [-0.1, -0.05) is 245 Å². The van der Waals surface area contributed by atoms with E-state index in [0.29, 0.717) is 18.9 Å². The number of hydrogen-bond donors (Lipinski definition) is 0. The summed E-state index contributed by atoms with van der Waals surface area (Å²) >= 11 is 0. The van der Waals surface area contributed by atoms with Crippen LogP contribution in [0.15, 0.2) is 0 Å². The molecule has 0 aliphatic heterocycles. The highest BCUT2D eigenvalue weighted by Gasteiger charge is 2.15. The number of unbranched alkanes of at least 4 members (excludes halogenated alkanes) is 33. The lowest BCUT2D eigenvalue weighted by Gasteiger charge is -2.16. The Kier molecular flexibility index (Phi) is 41.2. The van der Waals surface area contributed by atoms with Gasteiger partial charge in [-0.25, -0.2) is 0 Å². The van der Waals surface area contributed by atoms with Crippen LogP contribution >= 0.6 is 0 Å². The Balaban J connectivity index is 3.97. The van der Waals surface area contributed by atoms with Crippen LogP contribution in [0.2, 0.25) is 0 Å². The third kappa shape index (κ3) is 39.8. The fourth-order valence-electron chi connectivity index (χ4n) is 7.32. The minimum atomic E-state index is 0.0792. The second-order valence-corrected chi connectivity index (χ2v) is 15.5. The van der Waals surface area contributed by atoms with Gasteiger partial charge in [-0.05, 0) is 25.2 Å². The van der Waals surface area contributed by atoms with E-state index in [2.05, 4.69) is 20.8 Å². The monoisotopic (exact) mass is 663 g/mol. The lowest BCUT2D eigenvalue weighted by molar-refractivity contribution is -0.145. The molecule has 0 heterocycles. The van der Waals surface area contributed by atoms with E-state index in [9.17, 15) is 4.79 Å². The fourth-order valence-corrected chi connectivity index (χ4v) is 7.32. The van der Waals surface area contributed by atoms with Gasteiger partial charge in [-0.2, -0.15) is 0 Å². The third-order valence-corrected chi connectivity index (χ3v) is 10.6. The van der Waals surface area contributed by atoms with Crippen molar-refractivity contribution in [2.24, 2.45) is 5.92 Å². The van der Waals surface area contributed by atoms with E-state index >= 15 is 0 Å². The highest BCUT2D eigenvalue weighted by molar-refractivity contribution is 5.69. The van der Waals surface area contributed by atoms with E-state index in [1.54, 1.807) is 0 Å². The smallest absolute Gasteiger partial charge is 0.306 e. The highest BCUT2D eigenvalue weighted by Crippen LogP contribution is 2.23. The van der Waals surface area contributed by atoms with Gasteiger partial charge in [0.2, 0.25) is 0 Å². The van der Waals surface area contributed by atoms with Crippen molar-refractivity contribution in [2.75, 3.05) is 6.61 Å². The number of rotatable bonds is 41. The molecule has 1 atom stereocenters. The molecule has 0 aromatic heterocycles. The molecule has 2 nitrogen and oxygen atoms in total. The summed E-state index contributed by atoms with van der Waals surface area (Å²) in [4.78, 5) is 12.8. The van der Waals surface area contributed by atoms with Gasteiger partial charge < -0.3 is 4.74 Å². The van der Waals surface area contributed by atoms with Crippen molar-refractivity contribution in [3.05, 3.63) is 0 Å². The molecule has 0 aliphatic rings. The first-order valence-electron chi connectivity index (χ1n) is 22.4. The number of carbonyl (C=O) groups excluding carboxylic acids is 1. The molecule has 2 heteroatoms. The molecule has 0 fully saturated rings. The van der Waals surface area contributed by atoms with Crippen LogP contribution < -0.4 is 0 Å². The van der Waals surface area contributed by atoms with Crippen LogP contribution in [0.4, 0.5) is 0 Å². The molecule has 0 aromatic rings. The summed E-state index contributed by atoms with van der Waals surface area (Å²) in [6.45, 7) is 7.53. The maximum absolute atomic E-state index is 12.8. The second kappa shape index (κ2) is 41.6. The Morgan fingerprint density at radius 3 is 0.851 bits per heavy atom. The fraction of sp³-hybridized carbons (Fsp3) is 0.978. The van der Waals surface area contributed by atoms with Crippen molar-refractivity contribution < 1.29 is 9.53 Å². The second-order valence-electron chi connectivity index (χ2n) is 15.5. The number of ether oxygens (including phenoxy) is 1. The van der Waals surface area contributed by atoms with Crippen molar-refractivity contribution in [2.45, 2.75) is 271 Å². The molecule has 0 amide bonds. The van der Waals surface area contributed by atoms with Gasteiger partial charge in [0.15, 0.2) is 0 Å². The molecule has 0 saturated heterocycles. The minimum absolute atomic E-state index is 0.0792. The first-order valence-corrected chi connectivity index (χ1v) is 22.4. The molecule has 0 aliphatic carbocycles. The van der Waals surface area contributed by atoms with Crippen molar-refractivity contribution in [3.63, 3.8) is 0 Å². The van der Waals surface area contributed by atoms with Gasteiger partial charge >= 0.3 is 5.97 Å². The first-order chi connectivity index (χ1) is 23.2. The molecule has 0 spiro atoms. The average Bonchev–Trinajstić information content (AvgIpc) is 3.07. The Morgan fingerprint density at radius 1 is 0.340 bits per heavy atom. The molecule has 47 heavy (non-hydrogen) atoms. The van der Waals surface area contributed by atoms with Crippen LogP contribution in [0.5, 0.6) is 0 Å². The van der Waals surface area contributed by atoms with Crippen LogP contribution in [0, 0.1) is 5.92 Å². The van der Waals surface area contributed by atoms with Gasteiger partial charge in [-0.3, -0.25) is 4.79 Å². The molecule has 0 N–H and O–H groups in total. The molecule has 0 rings (SSSR count). The molecular formula is C45H90O2. The Morgan fingerprint density at radius 2 is 0.574 bits per heavy atom. The predicted molar refractivity (Wildman–Crippen MR) is 212 cm³/mol. The lowest BCUT2D eigenvalue weighted by atomic mass is 9.91. The third-order valence-electron chi connectivity index (χ3n) is 10.6. The van der Waals surface area contributed by atoms with Crippen molar-refractivity contribution in [1.82, 2.24) is 0 Å². The standard InChI is InChI=1S/C45H90O2/c1-4-7-10-13-16-19-22-23-24-25-27-30-33-36-39-42-47-45(46)43-44(40-37-34-31-28-21-18-15-12-9-6-3)41-38-35-32-29-26-20-17-14-11-8-5-2/h44H,4-43H2,1-3H3. The van der Waals surface area contributed by atoms with Gasteiger partial charge in [0, 0.05) is 6.42 Å². The van der Waals surface area contributed by atoms with E-state index in [4.69, 9.17) is 4.74 Å². The van der Waals surface area contributed by atoms with E-state index in [0.717, 1.165) is 6.42 Å². The van der Waals surface area contributed by atoms with Crippen molar-refractivity contribution >= 4 is 5.97 Å². The summed E-state index contributed by atoms with van der Waals surface area (Å²) in [6.07, 6.45) is 52.8. The van der Waals surface area contributed by atoms with Crippen LogP contribution in [0.3, 0.4) is 0 Å². The zero-order chi connectivity index (χ0) is 34.1. The van der Waals surface area contributed by atoms with Gasteiger partial charge in [0.05, 0.1) is 6.61 Å². The molecular weight excluding hydrogens is 572 g/mol. The summed E-state index contributed by atoms with van der Waals surface area (Å²) in [6, 6.07) is 0. The summed E-state index contributed by atoms with van der Waals surface area (Å²) in [5.41, 5.74) is 0. The zero-order valence-electron chi connectivity index (χ0n) is 33.2. The molecule has 0 saturated carbocycles. The van der Waals surface area contributed by atoms with Gasteiger partial charge in [0.25, 0.3) is 0 Å². The van der Waals surface area contributed by atoms with Crippen LogP contribution in [-0.4, -0.2) is 12.6 Å². The molecule has 282 valence electrons. The van der Waals surface area contributed by atoms with Gasteiger partial charge in [-0.15, -0.1) is 0 Å². The van der Waals surface area contributed by atoms with Crippen LogP contribution in [0.1, 0.15) is 271 Å². The Labute approximate surface area is 298 Å². The van der Waals surface area contributed by atoms with Crippen molar-refractivity contribution in [1.29, 1.82) is 0 Å². The quantitative estimate of drug-likeness (QED) is 0.0481. The summed E-state index contributed by atoms with van der Waals surface area (Å²) in [7, 11) is 0. The molecule has 0 bridgehead atoms. The normalized spacial score (nSPS) is 12.1. The predicted octanol–water partition coefficient (Wildman–Crippen LogP) is 16.4. The van der Waals surface area contributed by atoms with Gasteiger partial charge in [0.1, 0.15) is 0 Å². The maximum Gasteiger partial charge on any atom is 0.306 e. The Bertz CT molecular complexity index is 572. The summed E-state index contributed by atoms with van der Waals surface area (Å²) in [5.74, 6) is 0.617. The lowest BCUT2D eigenvalue weighted by Crippen LogP contribution is -2.13. The van der Waals surface area contributed by atoms with Crippen molar-refractivity contribution in [3.8, 4) is 0 Å². The number of esters is 1. The van der Waals surface area contributed by atoms with Crippen LogP contribution in [0.25, 0.3) is 0 Å². The summed E-state index contributed by atoms with van der Waals surface area (Å²) < 4.78 is 5.75. The zero-order valence-corrected chi connectivity index (χ0v) is 33.2. The molecule has 1 unspecified atom stereocenters. The van der Waals surface area contributed by atoms with E-state index < -0.39 is 0 Å². The summed E-state index contributed by atoms with van der Waals surface area (Å²) in [5, 5.41) is 0. The van der Waals surface area contributed by atoms with Crippen LogP contribution in [-0.2, 0) is 9.53 Å². The average molecular weight is 663 g/mol. The molecule has 0 aromatic carbocycles. The number of carbonyl (C=O) groups is 1.